The largest absolute Gasteiger partial charge is 0.457 e. The number of anilines is 1. The number of benzene rings is 2. The van der Waals surface area contributed by atoms with E-state index in [2.05, 4.69) is 13.8 Å². The molecule has 0 aliphatic carbocycles. The van der Waals surface area contributed by atoms with Crippen LogP contribution in [0, 0.1) is 10.1 Å². The maximum Gasteiger partial charge on any atom is 0.338 e. The van der Waals surface area contributed by atoms with Crippen LogP contribution in [0.2, 0.25) is 0 Å². The fourth-order valence-corrected chi connectivity index (χ4v) is 2.41. The molecule has 0 bridgehead atoms. The fourth-order valence-electron chi connectivity index (χ4n) is 2.41. The van der Waals surface area contributed by atoms with Crippen LogP contribution in [0.1, 0.15) is 41.3 Å². The van der Waals surface area contributed by atoms with Gasteiger partial charge in [-0.2, -0.15) is 0 Å². The summed E-state index contributed by atoms with van der Waals surface area (Å²) in [7, 11) is 3.42. The van der Waals surface area contributed by atoms with E-state index >= 15 is 0 Å². The summed E-state index contributed by atoms with van der Waals surface area (Å²) in [6, 6.07) is 12.2. The maximum atomic E-state index is 12.2. The van der Waals surface area contributed by atoms with Gasteiger partial charge in [-0.3, -0.25) is 10.1 Å². The van der Waals surface area contributed by atoms with Gasteiger partial charge in [0.15, 0.2) is 0 Å². The molecule has 2 aromatic rings. The summed E-state index contributed by atoms with van der Waals surface area (Å²) < 4.78 is 5.27. The number of hydrogen-bond acceptors (Lipinski definition) is 5. The summed E-state index contributed by atoms with van der Waals surface area (Å²) in [6.07, 6.45) is 0. The summed E-state index contributed by atoms with van der Waals surface area (Å²) in [5.74, 6) is -0.145. The summed E-state index contributed by atoms with van der Waals surface area (Å²) in [5, 5.41) is 11.2. The number of rotatable bonds is 6. The molecule has 0 fully saturated rings. The third-order valence-electron chi connectivity index (χ3n) is 3.91. The number of hydrogen-bond donors (Lipinski definition) is 0. The van der Waals surface area contributed by atoms with E-state index in [1.54, 1.807) is 25.1 Å². The second-order valence-electron chi connectivity index (χ2n) is 6.33. The molecular formula is C19H22N2O4. The Bertz CT molecular complexity index is 767. The second-order valence-corrected chi connectivity index (χ2v) is 6.33. The Morgan fingerprint density at radius 1 is 1.16 bits per heavy atom. The van der Waals surface area contributed by atoms with Gasteiger partial charge in [-0.1, -0.05) is 38.1 Å². The molecule has 0 amide bonds. The minimum Gasteiger partial charge on any atom is -0.457 e. The Kier molecular flexibility index (Phi) is 5.75. The molecule has 0 N–H and O–H groups in total. The number of carbonyl (C=O) groups is 1. The molecule has 25 heavy (non-hydrogen) atoms. The van der Waals surface area contributed by atoms with Gasteiger partial charge in [0.05, 0.1) is 10.5 Å². The van der Waals surface area contributed by atoms with E-state index in [0.717, 1.165) is 5.56 Å². The van der Waals surface area contributed by atoms with Gasteiger partial charge in [-0.25, -0.2) is 4.79 Å². The van der Waals surface area contributed by atoms with Crippen molar-refractivity contribution >= 4 is 17.3 Å². The predicted molar refractivity (Wildman–Crippen MR) is 97.1 cm³/mol. The van der Waals surface area contributed by atoms with Gasteiger partial charge >= 0.3 is 5.97 Å². The average molecular weight is 342 g/mol. The van der Waals surface area contributed by atoms with E-state index in [1.165, 1.54) is 17.7 Å². The summed E-state index contributed by atoms with van der Waals surface area (Å²) in [6.45, 7) is 4.35. The normalized spacial score (nSPS) is 10.6. The van der Waals surface area contributed by atoms with Crippen molar-refractivity contribution in [2.24, 2.45) is 0 Å². The van der Waals surface area contributed by atoms with Crippen LogP contribution in [0.25, 0.3) is 0 Å². The molecular weight excluding hydrogens is 320 g/mol. The zero-order chi connectivity index (χ0) is 18.6. The lowest BCUT2D eigenvalue weighted by Gasteiger charge is -2.13. The highest BCUT2D eigenvalue weighted by molar-refractivity contribution is 5.91. The third-order valence-corrected chi connectivity index (χ3v) is 3.91. The molecule has 0 heterocycles. The molecule has 132 valence electrons. The molecule has 0 unspecified atom stereocenters. The molecule has 6 heteroatoms. The van der Waals surface area contributed by atoms with Crippen molar-refractivity contribution in [1.29, 1.82) is 0 Å². The maximum absolute atomic E-state index is 12.2. The molecule has 0 radical (unpaired) electrons. The second kappa shape index (κ2) is 7.79. The molecule has 0 atom stereocenters. The Hall–Kier alpha value is -2.89. The summed E-state index contributed by atoms with van der Waals surface area (Å²) in [5.41, 5.74) is 2.56. The lowest BCUT2D eigenvalue weighted by Crippen LogP contribution is -2.12. The van der Waals surface area contributed by atoms with Crippen LogP contribution in [0.3, 0.4) is 0 Å². The van der Waals surface area contributed by atoms with Crippen LogP contribution in [-0.4, -0.2) is 25.0 Å². The Balaban J connectivity index is 2.10. The van der Waals surface area contributed by atoms with Crippen LogP contribution in [0.5, 0.6) is 0 Å². The van der Waals surface area contributed by atoms with E-state index in [4.69, 9.17) is 4.74 Å². The van der Waals surface area contributed by atoms with Gasteiger partial charge in [-0.05, 0) is 29.2 Å². The quantitative estimate of drug-likeness (QED) is 0.448. The SMILES string of the molecule is CC(C)c1ccc(COC(=O)c2ccc(N(C)C)c([N+](=O)[O-])c2)cc1. The monoisotopic (exact) mass is 342 g/mol. The van der Waals surface area contributed by atoms with E-state index in [-0.39, 0.29) is 17.9 Å². The van der Waals surface area contributed by atoms with Gasteiger partial charge in [0, 0.05) is 20.2 Å². The van der Waals surface area contributed by atoms with Crippen LogP contribution in [0.4, 0.5) is 11.4 Å². The Morgan fingerprint density at radius 3 is 2.32 bits per heavy atom. The number of esters is 1. The standard InChI is InChI=1S/C19H22N2O4/c1-13(2)15-7-5-14(6-8-15)12-25-19(22)16-9-10-17(20(3)4)18(11-16)21(23)24/h5-11,13H,12H2,1-4H3. The van der Waals surface area contributed by atoms with Crippen molar-refractivity contribution in [1.82, 2.24) is 0 Å². The van der Waals surface area contributed by atoms with E-state index in [9.17, 15) is 14.9 Å². The van der Waals surface area contributed by atoms with E-state index in [1.807, 2.05) is 24.3 Å². The molecule has 0 saturated carbocycles. The topological polar surface area (TPSA) is 72.7 Å². The van der Waals surface area contributed by atoms with Crippen LogP contribution < -0.4 is 4.90 Å². The van der Waals surface area contributed by atoms with Gasteiger partial charge in [0.1, 0.15) is 12.3 Å². The number of carbonyl (C=O) groups excluding carboxylic acids is 1. The zero-order valence-corrected chi connectivity index (χ0v) is 14.9. The van der Waals surface area contributed by atoms with Crippen molar-refractivity contribution in [3.8, 4) is 0 Å². The molecule has 0 saturated heterocycles. The molecule has 2 aromatic carbocycles. The molecule has 0 aliphatic rings. The smallest absolute Gasteiger partial charge is 0.338 e. The number of nitro groups is 1. The first-order chi connectivity index (χ1) is 11.8. The number of ether oxygens (including phenoxy) is 1. The van der Waals surface area contributed by atoms with Gasteiger partial charge in [0.25, 0.3) is 5.69 Å². The molecule has 0 spiro atoms. The minimum absolute atomic E-state index is 0.124. The lowest BCUT2D eigenvalue weighted by atomic mass is 10.0. The average Bonchev–Trinajstić information content (AvgIpc) is 2.59. The van der Waals surface area contributed by atoms with Crippen molar-refractivity contribution in [2.45, 2.75) is 26.4 Å². The third kappa shape index (κ3) is 4.56. The molecule has 2 rings (SSSR count). The van der Waals surface area contributed by atoms with Crippen molar-refractivity contribution in [2.75, 3.05) is 19.0 Å². The summed E-state index contributed by atoms with van der Waals surface area (Å²) in [4.78, 5) is 24.5. The van der Waals surface area contributed by atoms with Gasteiger partial charge < -0.3 is 9.64 Å². The minimum atomic E-state index is -0.582. The van der Waals surface area contributed by atoms with Crippen LogP contribution >= 0.6 is 0 Å². The van der Waals surface area contributed by atoms with Gasteiger partial charge in [0.2, 0.25) is 0 Å². The van der Waals surface area contributed by atoms with Crippen LogP contribution in [-0.2, 0) is 11.3 Å². The Labute approximate surface area is 147 Å². The van der Waals surface area contributed by atoms with E-state index < -0.39 is 10.9 Å². The zero-order valence-electron chi connectivity index (χ0n) is 14.9. The van der Waals surface area contributed by atoms with Gasteiger partial charge in [-0.15, -0.1) is 0 Å². The first kappa shape index (κ1) is 18.4. The fraction of sp³-hybridized carbons (Fsp3) is 0.316. The molecule has 0 aromatic heterocycles. The highest BCUT2D eigenvalue weighted by Crippen LogP contribution is 2.28. The first-order valence-electron chi connectivity index (χ1n) is 8.01. The number of nitrogens with zero attached hydrogens (tertiary/aromatic N) is 2. The first-order valence-corrected chi connectivity index (χ1v) is 8.01. The Morgan fingerprint density at radius 2 is 1.80 bits per heavy atom. The summed E-state index contributed by atoms with van der Waals surface area (Å²) >= 11 is 0. The number of nitro benzene ring substituents is 1. The highest BCUT2D eigenvalue weighted by atomic mass is 16.6. The van der Waals surface area contributed by atoms with E-state index in [0.29, 0.717) is 11.6 Å². The van der Waals surface area contributed by atoms with Crippen LogP contribution in [0.15, 0.2) is 42.5 Å². The molecule has 0 aliphatic heterocycles. The predicted octanol–water partition coefficient (Wildman–Crippen LogP) is 4.14. The highest BCUT2D eigenvalue weighted by Gasteiger charge is 2.19. The molecule has 6 nitrogen and oxygen atoms in total. The lowest BCUT2D eigenvalue weighted by molar-refractivity contribution is -0.384. The van der Waals surface area contributed by atoms with Crippen molar-refractivity contribution < 1.29 is 14.5 Å². The van der Waals surface area contributed by atoms with Crippen molar-refractivity contribution in [3.05, 3.63) is 69.3 Å². The van der Waals surface area contributed by atoms with Crippen molar-refractivity contribution in [3.63, 3.8) is 0 Å².